The van der Waals surface area contributed by atoms with E-state index in [1.54, 1.807) is 17.8 Å². The molecule has 0 fully saturated rings. The predicted molar refractivity (Wildman–Crippen MR) is 83.1 cm³/mol. The van der Waals surface area contributed by atoms with Gasteiger partial charge in [0.15, 0.2) is 0 Å². The number of thioether (sulfide) groups is 1. The van der Waals surface area contributed by atoms with E-state index in [1.165, 1.54) is 0 Å². The summed E-state index contributed by atoms with van der Waals surface area (Å²) < 4.78 is 5.15. The Morgan fingerprint density at radius 3 is 2.86 bits per heavy atom. The summed E-state index contributed by atoms with van der Waals surface area (Å²) in [5.74, 6) is 3.76. The number of hydrogen-bond donors (Lipinski definition) is 1. The molecule has 1 heterocycles. The molecule has 0 saturated heterocycles. The third-order valence-corrected chi connectivity index (χ3v) is 4.14. The van der Waals surface area contributed by atoms with Crippen LogP contribution in [0.25, 0.3) is 0 Å². The molecule has 1 N–H and O–H groups in total. The predicted octanol–water partition coefficient (Wildman–Crippen LogP) is 2.95. The second-order valence-electron chi connectivity index (χ2n) is 4.47. The van der Waals surface area contributed by atoms with Crippen molar-refractivity contribution in [1.29, 1.82) is 0 Å². The van der Waals surface area contributed by atoms with Gasteiger partial charge in [-0.05, 0) is 26.0 Å². The van der Waals surface area contributed by atoms with Crippen molar-refractivity contribution in [2.75, 3.05) is 6.54 Å². The molecule has 1 amide bonds. The van der Waals surface area contributed by atoms with Gasteiger partial charge < -0.3 is 9.84 Å². The molecular weight excluding hydrogens is 284 g/mol. The standard InChI is InChI=1S/C16H16N2O2S/c1-4-9-17-16(19)13-7-5-6-8-15(13)21-10-14-11(2)18-20-12(14)3/h1,5-8H,9-10H2,2-3H3,(H,17,19). The molecule has 0 saturated carbocycles. The molecule has 2 aromatic rings. The van der Waals surface area contributed by atoms with Gasteiger partial charge in [-0.3, -0.25) is 4.79 Å². The van der Waals surface area contributed by atoms with Gasteiger partial charge in [0.2, 0.25) is 0 Å². The van der Waals surface area contributed by atoms with Gasteiger partial charge in [-0.25, -0.2) is 0 Å². The van der Waals surface area contributed by atoms with Gasteiger partial charge in [0.25, 0.3) is 5.91 Å². The van der Waals surface area contributed by atoms with Crippen LogP contribution in [-0.2, 0) is 5.75 Å². The molecule has 21 heavy (non-hydrogen) atoms. The van der Waals surface area contributed by atoms with Crippen LogP contribution in [0.1, 0.15) is 27.4 Å². The molecule has 0 radical (unpaired) electrons. The highest BCUT2D eigenvalue weighted by Crippen LogP contribution is 2.28. The average Bonchev–Trinajstić information content (AvgIpc) is 2.82. The van der Waals surface area contributed by atoms with Crippen molar-refractivity contribution >= 4 is 17.7 Å². The highest BCUT2D eigenvalue weighted by molar-refractivity contribution is 7.98. The SMILES string of the molecule is C#CCNC(=O)c1ccccc1SCc1c(C)noc1C. The number of rotatable bonds is 5. The van der Waals surface area contributed by atoms with E-state index in [0.717, 1.165) is 21.9 Å². The van der Waals surface area contributed by atoms with E-state index >= 15 is 0 Å². The third kappa shape index (κ3) is 3.67. The fraction of sp³-hybridized carbons (Fsp3) is 0.250. The van der Waals surface area contributed by atoms with Gasteiger partial charge in [0.1, 0.15) is 5.76 Å². The number of amides is 1. The summed E-state index contributed by atoms with van der Waals surface area (Å²) in [5, 5.41) is 6.62. The Hall–Kier alpha value is -2.19. The summed E-state index contributed by atoms with van der Waals surface area (Å²) in [4.78, 5) is 13.0. The molecule has 0 bridgehead atoms. The third-order valence-electron chi connectivity index (χ3n) is 3.04. The number of benzene rings is 1. The van der Waals surface area contributed by atoms with Crippen LogP contribution in [0, 0.1) is 26.2 Å². The Balaban J connectivity index is 2.14. The van der Waals surface area contributed by atoms with Crippen LogP contribution in [0.15, 0.2) is 33.7 Å². The van der Waals surface area contributed by atoms with Gasteiger partial charge in [-0.15, -0.1) is 18.2 Å². The van der Waals surface area contributed by atoms with Crippen molar-refractivity contribution in [2.45, 2.75) is 24.5 Å². The molecule has 2 rings (SSSR count). The second-order valence-corrected chi connectivity index (χ2v) is 5.49. The maximum Gasteiger partial charge on any atom is 0.253 e. The molecule has 1 aromatic heterocycles. The summed E-state index contributed by atoms with van der Waals surface area (Å²) in [5.41, 5.74) is 2.58. The van der Waals surface area contributed by atoms with Crippen LogP contribution in [0.5, 0.6) is 0 Å². The van der Waals surface area contributed by atoms with Crippen LogP contribution in [-0.4, -0.2) is 17.6 Å². The van der Waals surface area contributed by atoms with E-state index in [9.17, 15) is 4.79 Å². The highest BCUT2D eigenvalue weighted by Gasteiger charge is 2.13. The smallest absolute Gasteiger partial charge is 0.253 e. The first-order chi connectivity index (χ1) is 10.1. The van der Waals surface area contributed by atoms with Crippen molar-refractivity contribution in [3.05, 3.63) is 46.8 Å². The number of nitrogens with zero attached hydrogens (tertiary/aromatic N) is 1. The van der Waals surface area contributed by atoms with Gasteiger partial charge in [0, 0.05) is 16.2 Å². The Morgan fingerprint density at radius 1 is 1.43 bits per heavy atom. The van der Waals surface area contributed by atoms with E-state index in [-0.39, 0.29) is 12.5 Å². The Labute approximate surface area is 128 Å². The second kappa shape index (κ2) is 7.00. The summed E-state index contributed by atoms with van der Waals surface area (Å²) >= 11 is 1.58. The molecule has 0 aliphatic carbocycles. The fourth-order valence-electron chi connectivity index (χ4n) is 1.86. The van der Waals surface area contributed by atoms with Crippen molar-refractivity contribution in [1.82, 2.24) is 10.5 Å². The van der Waals surface area contributed by atoms with Crippen LogP contribution >= 0.6 is 11.8 Å². The zero-order valence-electron chi connectivity index (χ0n) is 12.0. The number of aromatic nitrogens is 1. The minimum atomic E-state index is -0.158. The van der Waals surface area contributed by atoms with Crippen molar-refractivity contribution < 1.29 is 9.32 Å². The maximum absolute atomic E-state index is 12.1. The minimum Gasteiger partial charge on any atom is -0.361 e. The largest absolute Gasteiger partial charge is 0.361 e. The van der Waals surface area contributed by atoms with Crippen molar-refractivity contribution in [3.63, 3.8) is 0 Å². The van der Waals surface area contributed by atoms with E-state index in [0.29, 0.717) is 11.3 Å². The molecule has 0 unspecified atom stereocenters. The molecule has 5 heteroatoms. The lowest BCUT2D eigenvalue weighted by Crippen LogP contribution is -2.24. The van der Waals surface area contributed by atoms with Crippen molar-refractivity contribution in [2.24, 2.45) is 0 Å². The Kier molecular flexibility index (Phi) is 5.07. The maximum atomic E-state index is 12.1. The molecule has 0 aliphatic heterocycles. The average molecular weight is 300 g/mol. The number of terminal acetylenes is 1. The Morgan fingerprint density at radius 2 is 2.19 bits per heavy atom. The Bertz CT molecular complexity index is 666. The van der Waals surface area contributed by atoms with Crippen LogP contribution < -0.4 is 5.32 Å². The summed E-state index contributed by atoms with van der Waals surface area (Å²) in [6.07, 6.45) is 5.16. The zero-order valence-corrected chi connectivity index (χ0v) is 12.8. The fourth-order valence-corrected chi connectivity index (χ4v) is 3.07. The topological polar surface area (TPSA) is 55.1 Å². The molecule has 0 spiro atoms. The lowest BCUT2D eigenvalue weighted by molar-refractivity contribution is 0.0956. The first-order valence-electron chi connectivity index (χ1n) is 6.48. The number of nitrogens with one attached hydrogen (secondary N) is 1. The first kappa shape index (κ1) is 15.2. The van der Waals surface area contributed by atoms with E-state index in [4.69, 9.17) is 10.9 Å². The number of carbonyl (C=O) groups is 1. The number of carbonyl (C=O) groups excluding carboxylic acids is 1. The molecule has 1 aromatic carbocycles. The van der Waals surface area contributed by atoms with Crippen LogP contribution in [0.2, 0.25) is 0 Å². The summed E-state index contributed by atoms with van der Waals surface area (Å²) in [7, 11) is 0. The zero-order chi connectivity index (χ0) is 15.2. The lowest BCUT2D eigenvalue weighted by atomic mass is 10.2. The van der Waals surface area contributed by atoms with E-state index in [2.05, 4.69) is 16.4 Å². The van der Waals surface area contributed by atoms with Gasteiger partial charge in [0.05, 0.1) is 17.8 Å². The summed E-state index contributed by atoms with van der Waals surface area (Å²) in [6, 6.07) is 7.47. The minimum absolute atomic E-state index is 0.158. The normalized spacial score (nSPS) is 10.1. The molecular formula is C16H16N2O2S. The number of hydrogen-bond acceptors (Lipinski definition) is 4. The van der Waals surface area contributed by atoms with E-state index in [1.807, 2.05) is 32.0 Å². The van der Waals surface area contributed by atoms with Gasteiger partial charge in [-0.1, -0.05) is 23.2 Å². The molecule has 108 valence electrons. The van der Waals surface area contributed by atoms with Crippen LogP contribution in [0.4, 0.5) is 0 Å². The van der Waals surface area contributed by atoms with Crippen LogP contribution in [0.3, 0.4) is 0 Å². The van der Waals surface area contributed by atoms with Crippen molar-refractivity contribution in [3.8, 4) is 12.3 Å². The van der Waals surface area contributed by atoms with E-state index < -0.39 is 0 Å². The monoisotopic (exact) mass is 300 g/mol. The molecule has 0 atom stereocenters. The summed E-state index contributed by atoms with van der Waals surface area (Å²) in [6.45, 7) is 4.03. The lowest BCUT2D eigenvalue weighted by Gasteiger charge is -2.08. The quantitative estimate of drug-likeness (QED) is 0.681. The van der Waals surface area contributed by atoms with Gasteiger partial charge in [-0.2, -0.15) is 0 Å². The number of aryl methyl sites for hydroxylation is 2. The molecule has 0 aliphatic rings. The highest BCUT2D eigenvalue weighted by atomic mass is 32.2. The van der Waals surface area contributed by atoms with Gasteiger partial charge >= 0.3 is 0 Å². The molecule has 4 nitrogen and oxygen atoms in total. The first-order valence-corrected chi connectivity index (χ1v) is 7.47.